The smallest absolute Gasteiger partial charge is 0.267 e. The third kappa shape index (κ3) is 3.57. The normalized spacial score (nSPS) is 18.1. The Kier molecular flexibility index (Phi) is 4.68. The number of amidine groups is 1. The molecule has 0 unspecified atom stereocenters. The fourth-order valence-electron chi connectivity index (χ4n) is 2.00. The van der Waals surface area contributed by atoms with Crippen molar-refractivity contribution in [3.8, 4) is 0 Å². The molecule has 1 aliphatic heterocycles. The first-order valence-corrected chi connectivity index (χ1v) is 8.57. The average Bonchev–Trinajstić information content (AvgIpc) is 3.08. The van der Waals surface area contributed by atoms with Crippen LogP contribution < -0.4 is 0 Å². The third-order valence-corrected chi connectivity index (χ3v) is 4.74. The van der Waals surface area contributed by atoms with Crippen LogP contribution in [0.15, 0.2) is 52.9 Å². The largest absolute Gasteiger partial charge is 0.282 e. The van der Waals surface area contributed by atoms with Crippen LogP contribution in [0.5, 0.6) is 0 Å². The van der Waals surface area contributed by atoms with Crippen molar-refractivity contribution < 1.29 is 4.79 Å². The summed E-state index contributed by atoms with van der Waals surface area (Å²) < 4.78 is 0. The fourth-order valence-corrected chi connectivity index (χ4v) is 3.60. The number of hydrogen-bond donors (Lipinski definition) is 0. The lowest BCUT2D eigenvalue weighted by Gasteiger charge is -2.11. The van der Waals surface area contributed by atoms with E-state index in [-0.39, 0.29) is 5.91 Å². The topological polar surface area (TPSA) is 58.5 Å². The molecule has 1 amide bonds. The minimum atomic E-state index is -0.0706. The van der Waals surface area contributed by atoms with Crippen LogP contribution in [0.2, 0.25) is 0 Å². The molecule has 1 fully saturated rings. The molecular weight excluding hydrogens is 328 g/mol. The highest BCUT2D eigenvalue weighted by Gasteiger charge is 2.32. The van der Waals surface area contributed by atoms with Crippen molar-refractivity contribution in [1.82, 2.24) is 15.1 Å². The van der Waals surface area contributed by atoms with E-state index in [1.165, 1.54) is 23.1 Å². The van der Waals surface area contributed by atoms with Crippen LogP contribution in [0.25, 0.3) is 6.08 Å². The quantitative estimate of drug-likeness (QED) is 0.629. The zero-order valence-corrected chi connectivity index (χ0v) is 14.1. The first-order valence-electron chi connectivity index (χ1n) is 6.93. The van der Waals surface area contributed by atoms with Gasteiger partial charge in [-0.2, -0.15) is 4.99 Å². The van der Waals surface area contributed by atoms with E-state index >= 15 is 0 Å². The SMILES string of the molecule is C=CCN1C(=O)/C(=C/c2ccccc2)SC1=Nc1nnc(C)s1. The molecule has 23 heavy (non-hydrogen) atoms. The Morgan fingerprint density at radius 2 is 2.09 bits per heavy atom. The maximum Gasteiger partial charge on any atom is 0.267 e. The predicted octanol–water partition coefficient (Wildman–Crippen LogP) is 3.64. The monoisotopic (exact) mass is 342 g/mol. The number of aliphatic imine (C=N–C) groups is 1. The molecule has 0 N–H and O–H groups in total. The Balaban J connectivity index is 1.94. The van der Waals surface area contributed by atoms with E-state index in [1.807, 2.05) is 43.3 Å². The zero-order valence-electron chi connectivity index (χ0n) is 12.5. The molecule has 0 spiro atoms. The lowest BCUT2D eigenvalue weighted by Crippen LogP contribution is -2.29. The van der Waals surface area contributed by atoms with Gasteiger partial charge >= 0.3 is 0 Å². The molecule has 0 radical (unpaired) electrons. The maximum absolute atomic E-state index is 12.6. The van der Waals surface area contributed by atoms with Crippen LogP contribution in [-0.2, 0) is 4.79 Å². The first kappa shape index (κ1) is 15.6. The molecule has 1 aromatic heterocycles. The van der Waals surface area contributed by atoms with Gasteiger partial charge in [-0.3, -0.25) is 9.69 Å². The van der Waals surface area contributed by atoms with E-state index in [0.29, 0.717) is 21.7 Å². The molecule has 3 rings (SSSR count). The van der Waals surface area contributed by atoms with Crippen LogP contribution >= 0.6 is 23.1 Å². The van der Waals surface area contributed by atoms with Crippen LogP contribution in [-0.4, -0.2) is 32.7 Å². The maximum atomic E-state index is 12.6. The lowest BCUT2D eigenvalue weighted by atomic mass is 10.2. The van der Waals surface area contributed by atoms with Gasteiger partial charge in [0.2, 0.25) is 5.13 Å². The Morgan fingerprint density at radius 3 is 2.74 bits per heavy atom. The highest BCUT2D eigenvalue weighted by Crippen LogP contribution is 2.34. The van der Waals surface area contributed by atoms with Crippen LogP contribution in [0, 0.1) is 6.92 Å². The predicted molar refractivity (Wildman–Crippen MR) is 95.7 cm³/mol. The molecule has 1 aliphatic rings. The summed E-state index contributed by atoms with van der Waals surface area (Å²) in [6, 6.07) is 9.75. The summed E-state index contributed by atoms with van der Waals surface area (Å²) in [4.78, 5) is 19.3. The van der Waals surface area contributed by atoms with Gasteiger partial charge in [-0.05, 0) is 30.3 Å². The van der Waals surface area contributed by atoms with Crippen LogP contribution in [0.1, 0.15) is 10.6 Å². The second kappa shape index (κ2) is 6.89. The molecule has 116 valence electrons. The van der Waals surface area contributed by atoms with Gasteiger partial charge in [-0.15, -0.1) is 16.8 Å². The van der Waals surface area contributed by atoms with Crippen molar-refractivity contribution >= 4 is 45.4 Å². The minimum Gasteiger partial charge on any atom is -0.282 e. The average molecular weight is 342 g/mol. The Hall–Kier alpha value is -2.25. The summed E-state index contributed by atoms with van der Waals surface area (Å²) in [6.45, 7) is 5.99. The molecule has 0 saturated carbocycles. The molecule has 0 atom stereocenters. The second-order valence-corrected chi connectivity index (χ2v) is 6.89. The molecule has 2 aromatic rings. The van der Waals surface area contributed by atoms with Gasteiger partial charge in [-0.1, -0.05) is 47.7 Å². The number of hydrogen-bond acceptors (Lipinski definition) is 6. The standard InChI is InChI=1S/C16H14N4OS2/c1-3-9-20-14(21)13(10-12-7-5-4-6-8-12)23-16(20)17-15-19-18-11(2)22-15/h3-8,10H,1,9H2,2H3/b13-10-,17-16?. The van der Waals surface area contributed by atoms with Gasteiger partial charge in [0, 0.05) is 6.54 Å². The van der Waals surface area contributed by atoms with E-state index < -0.39 is 0 Å². The Labute approximate surface area is 142 Å². The number of rotatable bonds is 4. The highest BCUT2D eigenvalue weighted by atomic mass is 32.2. The number of carbonyl (C=O) groups is 1. The summed E-state index contributed by atoms with van der Waals surface area (Å²) in [6.07, 6.45) is 3.56. The highest BCUT2D eigenvalue weighted by molar-refractivity contribution is 8.18. The lowest BCUT2D eigenvalue weighted by molar-refractivity contribution is -0.121. The number of amides is 1. The van der Waals surface area contributed by atoms with Crippen molar-refractivity contribution in [2.75, 3.05) is 6.54 Å². The van der Waals surface area contributed by atoms with Gasteiger partial charge in [0.25, 0.3) is 5.91 Å². The molecule has 1 aromatic carbocycles. The summed E-state index contributed by atoms with van der Waals surface area (Å²) in [7, 11) is 0. The zero-order chi connectivity index (χ0) is 16.2. The summed E-state index contributed by atoms with van der Waals surface area (Å²) >= 11 is 2.74. The van der Waals surface area contributed by atoms with Gasteiger partial charge in [-0.25, -0.2) is 0 Å². The summed E-state index contributed by atoms with van der Waals surface area (Å²) in [5, 5.41) is 9.94. The van der Waals surface area contributed by atoms with Gasteiger partial charge in [0.1, 0.15) is 5.01 Å². The number of thioether (sulfide) groups is 1. The van der Waals surface area contributed by atoms with E-state index in [0.717, 1.165) is 10.6 Å². The third-order valence-electron chi connectivity index (χ3n) is 3.00. The number of nitrogens with zero attached hydrogens (tertiary/aromatic N) is 4. The number of benzene rings is 1. The van der Waals surface area contributed by atoms with Crippen LogP contribution in [0.4, 0.5) is 5.13 Å². The number of carbonyl (C=O) groups excluding carboxylic acids is 1. The van der Waals surface area contributed by atoms with Crippen molar-refractivity contribution in [1.29, 1.82) is 0 Å². The van der Waals surface area contributed by atoms with Crippen molar-refractivity contribution in [3.63, 3.8) is 0 Å². The van der Waals surface area contributed by atoms with Gasteiger partial charge in [0.05, 0.1) is 4.91 Å². The van der Waals surface area contributed by atoms with Crippen molar-refractivity contribution in [2.45, 2.75) is 6.92 Å². The molecular formula is C16H14N4OS2. The summed E-state index contributed by atoms with van der Waals surface area (Å²) in [5.41, 5.74) is 0.981. The summed E-state index contributed by atoms with van der Waals surface area (Å²) in [5.74, 6) is -0.0706. The number of aryl methyl sites for hydroxylation is 1. The van der Waals surface area contributed by atoms with E-state index in [1.54, 1.807) is 11.0 Å². The van der Waals surface area contributed by atoms with Crippen molar-refractivity contribution in [2.24, 2.45) is 4.99 Å². The molecule has 7 heteroatoms. The Morgan fingerprint density at radius 1 is 1.30 bits per heavy atom. The molecule has 0 aliphatic carbocycles. The van der Waals surface area contributed by atoms with E-state index in [4.69, 9.17) is 0 Å². The number of aromatic nitrogens is 2. The minimum absolute atomic E-state index is 0.0706. The molecule has 1 saturated heterocycles. The van der Waals surface area contributed by atoms with Gasteiger partial charge < -0.3 is 0 Å². The van der Waals surface area contributed by atoms with Gasteiger partial charge in [0.15, 0.2) is 5.17 Å². The Bertz CT molecular complexity index is 795. The van der Waals surface area contributed by atoms with E-state index in [2.05, 4.69) is 21.8 Å². The molecule has 2 heterocycles. The van der Waals surface area contributed by atoms with Crippen LogP contribution in [0.3, 0.4) is 0 Å². The first-order chi connectivity index (χ1) is 11.2. The van der Waals surface area contributed by atoms with E-state index in [9.17, 15) is 4.79 Å². The second-order valence-electron chi connectivity index (χ2n) is 4.72. The molecule has 5 nitrogen and oxygen atoms in total. The van der Waals surface area contributed by atoms with Crippen molar-refractivity contribution in [3.05, 3.63) is 58.5 Å². The fraction of sp³-hybridized carbons (Fsp3) is 0.125. The molecule has 0 bridgehead atoms.